The van der Waals surface area contributed by atoms with Crippen LogP contribution in [0.4, 0.5) is 20.2 Å². The minimum absolute atomic E-state index is 0.418. The van der Waals surface area contributed by atoms with E-state index in [2.05, 4.69) is 6.92 Å². The molecule has 100 valence electrons. The molecule has 0 unspecified atom stereocenters. The minimum Gasteiger partial charge on any atom is -0.339 e. The van der Waals surface area contributed by atoms with Crippen LogP contribution in [-0.4, -0.2) is 6.54 Å². The molecule has 0 aliphatic heterocycles. The lowest BCUT2D eigenvalue weighted by Crippen LogP contribution is -2.19. The van der Waals surface area contributed by atoms with Crippen molar-refractivity contribution in [2.24, 2.45) is 0 Å². The Morgan fingerprint density at radius 3 is 2.37 bits per heavy atom. The van der Waals surface area contributed by atoms with Crippen molar-refractivity contribution in [3.05, 3.63) is 60.2 Å². The first kappa shape index (κ1) is 13.5. The second kappa shape index (κ2) is 6.32. The van der Waals surface area contributed by atoms with Crippen LogP contribution < -0.4 is 4.90 Å². The van der Waals surface area contributed by atoms with E-state index in [-0.39, 0.29) is 0 Å². The molecule has 3 heteroatoms. The zero-order valence-electron chi connectivity index (χ0n) is 10.9. The molecule has 0 saturated carbocycles. The van der Waals surface area contributed by atoms with Crippen molar-refractivity contribution < 1.29 is 8.78 Å². The molecule has 0 N–H and O–H groups in total. The van der Waals surface area contributed by atoms with Crippen LogP contribution in [0.3, 0.4) is 0 Å². The number of benzene rings is 2. The number of hydrogen-bond donors (Lipinski definition) is 0. The first-order chi connectivity index (χ1) is 9.22. The van der Waals surface area contributed by atoms with Crippen molar-refractivity contribution in [3.8, 4) is 0 Å². The van der Waals surface area contributed by atoms with E-state index < -0.39 is 11.6 Å². The van der Waals surface area contributed by atoms with Crippen molar-refractivity contribution in [1.82, 2.24) is 0 Å². The fourth-order valence-corrected chi connectivity index (χ4v) is 2.01. The van der Waals surface area contributed by atoms with Crippen molar-refractivity contribution in [1.29, 1.82) is 0 Å². The van der Waals surface area contributed by atoms with E-state index in [9.17, 15) is 8.78 Å². The van der Waals surface area contributed by atoms with Gasteiger partial charge in [-0.05, 0) is 30.7 Å². The molecule has 0 bridgehead atoms. The summed E-state index contributed by atoms with van der Waals surface area (Å²) in [6.07, 6.45) is 1.97. The average Bonchev–Trinajstić information content (AvgIpc) is 2.42. The topological polar surface area (TPSA) is 3.24 Å². The third-order valence-corrected chi connectivity index (χ3v) is 3.00. The lowest BCUT2D eigenvalue weighted by atomic mass is 10.2. The molecule has 1 nitrogen and oxygen atoms in total. The minimum atomic E-state index is -0.551. The van der Waals surface area contributed by atoms with E-state index in [0.717, 1.165) is 24.6 Å². The SMILES string of the molecule is CCCCN(c1ccccc1)c1ccc(F)cc1F. The summed E-state index contributed by atoms with van der Waals surface area (Å²) >= 11 is 0. The molecular formula is C16H17F2N. The standard InChI is InChI=1S/C16H17F2N/c1-2-3-11-19(14-7-5-4-6-8-14)16-10-9-13(17)12-15(16)18/h4-10,12H,2-3,11H2,1H3. The number of para-hydroxylation sites is 1. The van der Waals surface area contributed by atoms with Crippen LogP contribution >= 0.6 is 0 Å². The van der Waals surface area contributed by atoms with E-state index >= 15 is 0 Å². The largest absolute Gasteiger partial charge is 0.339 e. The highest BCUT2D eigenvalue weighted by atomic mass is 19.1. The van der Waals surface area contributed by atoms with E-state index in [4.69, 9.17) is 0 Å². The van der Waals surface area contributed by atoms with Crippen LogP contribution in [0.25, 0.3) is 0 Å². The summed E-state index contributed by atoms with van der Waals surface area (Å²) < 4.78 is 26.9. The second-order valence-corrected chi connectivity index (χ2v) is 4.44. The summed E-state index contributed by atoms with van der Waals surface area (Å²) in [6.45, 7) is 2.80. The van der Waals surface area contributed by atoms with Crippen LogP contribution in [-0.2, 0) is 0 Å². The van der Waals surface area contributed by atoms with Gasteiger partial charge in [0.25, 0.3) is 0 Å². The molecule has 0 fully saturated rings. The van der Waals surface area contributed by atoms with Crippen LogP contribution in [0.5, 0.6) is 0 Å². The second-order valence-electron chi connectivity index (χ2n) is 4.44. The molecule has 0 saturated heterocycles. The highest BCUT2D eigenvalue weighted by molar-refractivity contribution is 5.63. The van der Waals surface area contributed by atoms with Crippen LogP contribution in [0, 0.1) is 11.6 Å². The first-order valence-electron chi connectivity index (χ1n) is 6.50. The Hall–Kier alpha value is -1.90. The molecule has 0 aliphatic rings. The number of rotatable bonds is 5. The monoisotopic (exact) mass is 261 g/mol. The number of nitrogens with zero attached hydrogens (tertiary/aromatic N) is 1. The Morgan fingerprint density at radius 2 is 1.74 bits per heavy atom. The molecule has 2 rings (SSSR count). The van der Waals surface area contributed by atoms with Gasteiger partial charge in [0, 0.05) is 18.3 Å². The molecule has 0 aliphatic carbocycles. The smallest absolute Gasteiger partial charge is 0.149 e. The van der Waals surface area contributed by atoms with Crippen LogP contribution in [0.2, 0.25) is 0 Å². The molecule has 0 heterocycles. The molecule has 0 aromatic heterocycles. The highest BCUT2D eigenvalue weighted by Gasteiger charge is 2.13. The maximum absolute atomic E-state index is 13.9. The van der Waals surface area contributed by atoms with E-state index in [1.807, 2.05) is 35.2 Å². The van der Waals surface area contributed by atoms with Crippen molar-refractivity contribution in [2.75, 3.05) is 11.4 Å². The maximum Gasteiger partial charge on any atom is 0.149 e. The fraction of sp³-hybridized carbons (Fsp3) is 0.250. The quantitative estimate of drug-likeness (QED) is 0.739. The number of unbranched alkanes of at least 4 members (excludes halogenated alkanes) is 1. The third-order valence-electron chi connectivity index (χ3n) is 3.00. The average molecular weight is 261 g/mol. The van der Waals surface area contributed by atoms with Crippen molar-refractivity contribution >= 4 is 11.4 Å². The summed E-state index contributed by atoms with van der Waals surface area (Å²) in [5, 5.41) is 0. The van der Waals surface area contributed by atoms with Crippen molar-refractivity contribution in [3.63, 3.8) is 0 Å². The van der Waals surface area contributed by atoms with Gasteiger partial charge < -0.3 is 4.90 Å². The van der Waals surface area contributed by atoms with Gasteiger partial charge >= 0.3 is 0 Å². The maximum atomic E-state index is 13.9. The lowest BCUT2D eigenvalue weighted by molar-refractivity contribution is 0.581. The van der Waals surface area contributed by atoms with Crippen molar-refractivity contribution in [2.45, 2.75) is 19.8 Å². The van der Waals surface area contributed by atoms with Gasteiger partial charge in [0.1, 0.15) is 11.6 Å². The highest BCUT2D eigenvalue weighted by Crippen LogP contribution is 2.28. The van der Waals surface area contributed by atoms with Gasteiger partial charge in [0.2, 0.25) is 0 Å². The Kier molecular flexibility index (Phi) is 4.50. The Labute approximate surface area is 112 Å². The predicted molar refractivity (Wildman–Crippen MR) is 74.7 cm³/mol. The van der Waals surface area contributed by atoms with Crippen LogP contribution in [0.15, 0.2) is 48.5 Å². The third kappa shape index (κ3) is 3.31. The zero-order valence-corrected chi connectivity index (χ0v) is 10.9. The number of anilines is 2. The summed E-state index contributed by atoms with van der Waals surface area (Å²) in [6, 6.07) is 13.3. The normalized spacial score (nSPS) is 10.5. The first-order valence-corrected chi connectivity index (χ1v) is 6.50. The lowest BCUT2D eigenvalue weighted by Gasteiger charge is -2.25. The molecule has 0 spiro atoms. The fourth-order valence-electron chi connectivity index (χ4n) is 2.01. The molecule has 0 amide bonds. The van der Waals surface area contributed by atoms with Gasteiger partial charge in [-0.15, -0.1) is 0 Å². The molecule has 19 heavy (non-hydrogen) atoms. The molecular weight excluding hydrogens is 244 g/mol. The van der Waals surface area contributed by atoms with Gasteiger partial charge in [-0.2, -0.15) is 0 Å². The summed E-state index contributed by atoms with van der Waals surface area (Å²) in [5.41, 5.74) is 1.34. The van der Waals surface area contributed by atoms with Crippen LogP contribution in [0.1, 0.15) is 19.8 Å². The van der Waals surface area contributed by atoms with E-state index in [1.165, 1.54) is 12.1 Å². The summed E-state index contributed by atoms with van der Waals surface area (Å²) in [4.78, 5) is 1.89. The Balaban J connectivity index is 2.37. The summed E-state index contributed by atoms with van der Waals surface area (Å²) in [7, 11) is 0. The number of halogens is 2. The predicted octanol–water partition coefficient (Wildman–Crippen LogP) is 4.90. The van der Waals surface area contributed by atoms with Gasteiger partial charge in [0.15, 0.2) is 0 Å². The van der Waals surface area contributed by atoms with Gasteiger partial charge in [-0.25, -0.2) is 8.78 Å². The van der Waals surface area contributed by atoms with Gasteiger partial charge in [0.05, 0.1) is 5.69 Å². The summed E-state index contributed by atoms with van der Waals surface area (Å²) in [5.74, 6) is -1.08. The molecule has 0 radical (unpaired) electrons. The molecule has 0 atom stereocenters. The zero-order chi connectivity index (χ0) is 13.7. The van der Waals surface area contributed by atoms with E-state index in [1.54, 1.807) is 0 Å². The Morgan fingerprint density at radius 1 is 1.00 bits per heavy atom. The van der Waals surface area contributed by atoms with E-state index in [0.29, 0.717) is 12.2 Å². The van der Waals surface area contributed by atoms with Gasteiger partial charge in [-0.3, -0.25) is 0 Å². The molecule has 2 aromatic carbocycles. The Bertz CT molecular complexity index is 526. The number of hydrogen-bond acceptors (Lipinski definition) is 1. The van der Waals surface area contributed by atoms with Gasteiger partial charge in [-0.1, -0.05) is 31.5 Å². The molecule has 2 aromatic rings.